The van der Waals surface area contributed by atoms with Crippen LogP contribution in [0.15, 0.2) is 22.7 Å². The SMILES string of the molecule is COC(C)C(=O)Nc1cc(C(F)(F)F)ccc1Br. The van der Waals surface area contributed by atoms with E-state index in [0.29, 0.717) is 4.47 Å². The van der Waals surface area contributed by atoms with Crippen LogP contribution in [0.5, 0.6) is 0 Å². The molecule has 7 heteroatoms. The first-order valence-electron chi connectivity index (χ1n) is 4.96. The highest BCUT2D eigenvalue weighted by Gasteiger charge is 2.31. The fraction of sp³-hybridized carbons (Fsp3) is 0.364. The smallest absolute Gasteiger partial charge is 0.372 e. The zero-order valence-electron chi connectivity index (χ0n) is 9.64. The summed E-state index contributed by atoms with van der Waals surface area (Å²) in [5.74, 6) is -0.516. The van der Waals surface area contributed by atoms with Crippen LogP contribution in [0, 0.1) is 0 Å². The Balaban J connectivity index is 2.99. The molecule has 1 aromatic carbocycles. The Morgan fingerprint density at radius 1 is 1.44 bits per heavy atom. The van der Waals surface area contributed by atoms with Crippen LogP contribution in [0.2, 0.25) is 0 Å². The van der Waals surface area contributed by atoms with Gasteiger partial charge in [0.05, 0.1) is 11.3 Å². The highest BCUT2D eigenvalue weighted by molar-refractivity contribution is 9.10. The number of carbonyl (C=O) groups excluding carboxylic acids is 1. The van der Waals surface area contributed by atoms with E-state index in [1.807, 2.05) is 0 Å². The number of carbonyl (C=O) groups is 1. The third kappa shape index (κ3) is 3.71. The molecule has 0 fully saturated rings. The second kappa shape index (κ2) is 5.71. The Labute approximate surface area is 110 Å². The summed E-state index contributed by atoms with van der Waals surface area (Å²) in [5.41, 5.74) is -0.773. The largest absolute Gasteiger partial charge is 0.416 e. The van der Waals surface area contributed by atoms with Gasteiger partial charge < -0.3 is 10.1 Å². The van der Waals surface area contributed by atoms with Crippen molar-refractivity contribution in [2.24, 2.45) is 0 Å². The molecule has 0 aromatic heterocycles. The first-order chi connectivity index (χ1) is 8.25. The van der Waals surface area contributed by atoms with Crippen LogP contribution in [0.3, 0.4) is 0 Å². The summed E-state index contributed by atoms with van der Waals surface area (Å²) >= 11 is 3.07. The van der Waals surface area contributed by atoms with Gasteiger partial charge >= 0.3 is 6.18 Å². The van der Waals surface area contributed by atoms with E-state index in [9.17, 15) is 18.0 Å². The lowest BCUT2D eigenvalue weighted by Crippen LogP contribution is -2.26. The molecule has 0 aliphatic heterocycles. The van der Waals surface area contributed by atoms with Gasteiger partial charge in [-0.3, -0.25) is 4.79 Å². The van der Waals surface area contributed by atoms with Crippen molar-refractivity contribution in [1.29, 1.82) is 0 Å². The van der Waals surface area contributed by atoms with Gasteiger partial charge in [0.15, 0.2) is 0 Å². The molecule has 1 N–H and O–H groups in total. The van der Waals surface area contributed by atoms with Crippen LogP contribution in [0.25, 0.3) is 0 Å². The zero-order chi connectivity index (χ0) is 13.9. The third-order valence-corrected chi connectivity index (χ3v) is 2.97. The molecule has 0 bridgehead atoms. The lowest BCUT2D eigenvalue weighted by atomic mass is 10.2. The van der Waals surface area contributed by atoms with E-state index in [1.165, 1.54) is 20.1 Å². The minimum Gasteiger partial charge on any atom is -0.372 e. The fourth-order valence-corrected chi connectivity index (χ4v) is 1.48. The maximum Gasteiger partial charge on any atom is 0.416 e. The van der Waals surface area contributed by atoms with Crippen molar-refractivity contribution in [2.45, 2.75) is 19.2 Å². The average Bonchev–Trinajstić information content (AvgIpc) is 2.29. The highest BCUT2D eigenvalue weighted by atomic mass is 79.9. The van der Waals surface area contributed by atoms with Crippen molar-refractivity contribution in [3.63, 3.8) is 0 Å². The van der Waals surface area contributed by atoms with E-state index in [-0.39, 0.29) is 5.69 Å². The number of rotatable bonds is 3. The number of halogens is 4. The van der Waals surface area contributed by atoms with Crippen LogP contribution in [0.4, 0.5) is 18.9 Å². The number of anilines is 1. The van der Waals surface area contributed by atoms with Gasteiger partial charge in [0.1, 0.15) is 6.10 Å². The van der Waals surface area contributed by atoms with E-state index in [4.69, 9.17) is 4.74 Å². The van der Waals surface area contributed by atoms with Crippen molar-refractivity contribution in [2.75, 3.05) is 12.4 Å². The first-order valence-corrected chi connectivity index (χ1v) is 5.75. The molecule has 1 unspecified atom stereocenters. The Kier molecular flexibility index (Phi) is 4.75. The van der Waals surface area contributed by atoms with Crippen LogP contribution >= 0.6 is 15.9 Å². The minimum absolute atomic E-state index is 0.0544. The molecule has 1 rings (SSSR count). The summed E-state index contributed by atoms with van der Waals surface area (Å²) < 4.78 is 42.7. The standard InChI is InChI=1S/C11H11BrF3NO2/c1-6(18-2)10(17)16-9-5-7(11(13,14)15)3-4-8(9)12/h3-6H,1-2H3,(H,16,17). The molecule has 3 nitrogen and oxygen atoms in total. The van der Waals surface area contributed by atoms with E-state index >= 15 is 0 Å². The molecule has 1 amide bonds. The molecule has 0 heterocycles. The lowest BCUT2D eigenvalue weighted by Gasteiger charge is -2.14. The van der Waals surface area contributed by atoms with Crippen molar-refractivity contribution in [3.8, 4) is 0 Å². The number of methoxy groups -OCH3 is 1. The van der Waals surface area contributed by atoms with Gasteiger partial charge in [0.25, 0.3) is 5.91 Å². The number of benzene rings is 1. The first kappa shape index (κ1) is 15.0. The predicted molar refractivity (Wildman–Crippen MR) is 64.2 cm³/mol. The van der Waals surface area contributed by atoms with Crippen molar-refractivity contribution in [3.05, 3.63) is 28.2 Å². The minimum atomic E-state index is -4.45. The van der Waals surface area contributed by atoms with Crippen molar-refractivity contribution in [1.82, 2.24) is 0 Å². The summed E-state index contributed by atoms with van der Waals surface area (Å²) in [6, 6.07) is 3.03. The van der Waals surface area contributed by atoms with Gasteiger partial charge in [0.2, 0.25) is 0 Å². The quantitative estimate of drug-likeness (QED) is 0.924. The van der Waals surface area contributed by atoms with Crippen LogP contribution in [0.1, 0.15) is 12.5 Å². The van der Waals surface area contributed by atoms with Crippen molar-refractivity contribution < 1.29 is 22.7 Å². The number of hydrogen-bond acceptors (Lipinski definition) is 2. The molecular formula is C11H11BrF3NO2. The summed E-state index contributed by atoms with van der Waals surface area (Å²) in [5, 5.41) is 2.36. The van der Waals surface area contributed by atoms with Crippen molar-refractivity contribution >= 4 is 27.5 Å². The second-order valence-corrected chi connectivity index (χ2v) is 4.41. The molecule has 18 heavy (non-hydrogen) atoms. The average molecular weight is 326 g/mol. The Hall–Kier alpha value is -1.08. The molecule has 1 atom stereocenters. The highest BCUT2D eigenvalue weighted by Crippen LogP contribution is 2.33. The topological polar surface area (TPSA) is 38.3 Å². The Morgan fingerprint density at radius 2 is 2.06 bits per heavy atom. The predicted octanol–water partition coefficient (Wildman–Crippen LogP) is 3.44. The molecular weight excluding hydrogens is 315 g/mol. The molecule has 0 spiro atoms. The lowest BCUT2D eigenvalue weighted by molar-refractivity contribution is -0.137. The summed E-state index contributed by atoms with van der Waals surface area (Å²) in [6.45, 7) is 1.50. The van der Waals surface area contributed by atoms with Gasteiger partial charge in [-0.15, -0.1) is 0 Å². The number of alkyl halides is 3. The summed E-state index contributed by atoms with van der Waals surface area (Å²) in [6.07, 6.45) is -5.20. The maximum absolute atomic E-state index is 12.5. The van der Waals surface area contributed by atoms with E-state index < -0.39 is 23.8 Å². The fourth-order valence-electron chi connectivity index (χ4n) is 1.14. The number of nitrogens with one attached hydrogen (secondary N) is 1. The Morgan fingerprint density at radius 3 is 2.56 bits per heavy atom. The molecule has 0 aliphatic carbocycles. The van der Waals surface area contributed by atoms with Crippen LogP contribution in [-0.2, 0) is 15.7 Å². The number of hydrogen-bond donors (Lipinski definition) is 1. The molecule has 0 saturated heterocycles. The molecule has 1 aromatic rings. The Bertz CT molecular complexity index is 448. The maximum atomic E-state index is 12.5. The zero-order valence-corrected chi connectivity index (χ0v) is 11.2. The van der Waals surface area contributed by atoms with Gasteiger partial charge in [-0.1, -0.05) is 0 Å². The molecule has 0 saturated carbocycles. The van der Waals surface area contributed by atoms with E-state index in [0.717, 1.165) is 12.1 Å². The van der Waals surface area contributed by atoms with E-state index in [2.05, 4.69) is 21.2 Å². The number of amides is 1. The third-order valence-electron chi connectivity index (χ3n) is 2.27. The van der Waals surface area contributed by atoms with E-state index in [1.54, 1.807) is 0 Å². The summed E-state index contributed by atoms with van der Waals surface area (Å²) in [7, 11) is 1.34. The van der Waals surface area contributed by atoms with Gasteiger partial charge in [-0.2, -0.15) is 13.2 Å². The molecule has 0 radical (unpaired) electrons. The van der Waals surface area contributed by atoms with Gasteiger partial charge in [-0.25, -0.2) is 0 Å². The van der Waals surface area contributed by atoms with Gasteiger partial charge in [-0.05, 0) is 41.1 Å². The second-order valence-electron chi connectivity index (χ2n) is 3.56. The van der Waals surface area contributed by atoms with Crippen LogP contribution < -0.4 is 5.32 Å². The monoisotopic (exact) mass is 325 g/mol. The molecule has 100 valence electrons. The van der Waals surface area contributed by atoms with Gasteiger partial charge in [0, 0.05) is 11.6 Å². The normalized spacial score (nSPS) is 13.2. The number of ether oxygens (including phenoxy) is 1. The summed E-state index contributed by atoms with van der Waals surface area (Å²) in [4.78, 5) is 11.5. The molecule has 0 aliphatic rings. The van der Waals surface area contributed by atoms with Crippen LogP contribution in [-0.4, -0.2) is 19.1 Å².